The topological polar surface area (TPSA) is 67.6 Å². The number of aromatic nitrogens is 1. The van der Waals surface area contributed by atoms with Crippen LogP contribution in [0.4, 0.5) is 4.79 Å². The molecule has 24 heavy (non-hydrogen) atoms. The van der Waals surface area contributed by atoms with E-state index in [1.807, 2.05) is 27.8 Å². The number of rotatable bonds is 5. The average Bonchev–Trinajstić information content (AvgIpc) is 3.18. The second-order valence-electron chi connectivity index (χ2n) is 7.28. The number of aryl methyl sites for hydroxylation is 2. The number of carbonyl (C=O) groups excluding carboxylic acids is 1. The van der Waals surface area contributed by atoms with Gasteiger partial charge in [-0.1, -0.05) is 18.0 Å². The van der Waals surface area contributed by atoms with E-state index in [0.29, 0.717) is 12.6 Å². The first-order chi connectivity index (χ1) is 11.5. The smallest absolute Gasteiger partial charge is 0.317 e. The summed E-state index contributed by atoms with van der Waals surface area (Å²) in [5.74, 6) is 0.777. The van der Waals surface area contributed by atoms with Gasteiger partial charge in [-0.2, -0.15) is 0 Å². The molecule has 2 saturated carbocycles. The standard InChI is InChI=1S/C18H29N3O3/c1-5-23-16-10-15(18(16)8-6-7-9-18)19-17(22)21(4)11-14-12(2)20-24-13(14)3/h15-16H,5-11H2,1-4H3,(H,19,22)/t15-,16+/m0/s1. The molecular weight excluding hydrogens is 306 g/mol. The Hall–Kier alpha value is -1.56. The van der Waals surface area contributed by atoms with Crippen molar-refractivity contribution in [3.8, 4) is 0 Å². The van der Waals surface area contributed by atoms with Crippen molar-refractivity contribution >= 4 is 6.03 Å². The number of nitrogens with zero attached hydrogens (tertiary/aromatic N) is 2. The predicted octanol–water partition coefficient (Wildman–Crippen LogP) is 3.17. The molecule has 2 atom stereocenters. The minimum atomic E-state index is -0.0266. The third-order valence-corrected chi connectivity index (χ3v) is 5.91. The highest BCUT2D eigenvalue weighted by Crippen LogP contribution is 2.54. The molecule has 0 aliphatic heterocycles. The minimum absolute atomic E-state index is 0.0266. The minimum Gasteiger partial charge on any atom is -0.378 e. The van der Waals surface area contributed by atoms with Crippen LogP contribution in [0.25, 0.3) is 0 Å². The Morgan fingerprint density at radius 2 is 2.12 bits per heavy atom. The zero-order valence-corrected chi connectivity index (χ0v) is 15.2. The summed E-state index contributed by atoms with van der Waals surface area (Å²) in [7, 11) is 1.82. The van der Waals surface area contributed by atoms with E-state index in [-0.39, 0.29) is 17.5 Å². The average molecular weight is 335 g/mol. The van der Waals surface area contributed by atoms with Gasteiger partial charge in [0.25, 0.3) is 0 Å². The van der Waals surface area contributed by atoms with E-state index in [1.54, 1.807) is 4.90 Å². The number of hydrogen-bond acceptors (Lipinski definition) is 4. The molecule has 1 spiro atoms. The lowest BCUT2D eigenvalue weighted by Gasteiger charge is -2.54. The Bertz CT molecular complexity index is 573. The lowest BCUT2D eigenvalue weighted by molar-refractivity contribution is -0.127. The second kappa shape index (κ2) is 6.75. The first-order valence-corrected chi connectivity index (χ1v) is 9.03. The van der Waals surface area contributed by atoms with Crippen LogP contribution in [0.1, 0.15) is 56.0 Å². The van der Waals surface area contributed by atoms with Gasteiger partial charge in [0.2, 0.25) is 0 Å². The maximum absolute atomic E-state index is 12.6. The van der Waals surface area contributed by atoms with Gasteiger partial charge in [-0.15, -0.1) is 0 Å². The van der Waals surface area contributed by atoms with Crippen molar-refractivity contribution in [3.05, 3.63) is 17.0 Å². The molecule has 2 amide bonds. The van der Waals surface area contributed by atoms with E-state index >= 15 is 0 Å². The van der Waals surface area contributed by atoms with Crippen LogP contribution >= 0.6 is 0 Å². The van der Waals surface area contributed by atoms with Gasteiger partial charge in [-0.05, 0) is 40.0 Å². The van der Waals surface area contributed by atoms with Crippen LogP contribution in [-0.2, 0) is 11.3 Å². The fourth-order valence-corrected chi connectivity index (χ4v) is 4.38. The summed E-state index contributed by atoms with van der Waals surface area (Å²) in [6.45, 7) is 7.10. The van der Waals surface area contributed by atoms with E-state index in [2.05, 4.69) is 10.5 Å². The van der Waals surface area contributed by atoms with Gasteiger partial charge in [-0.3, -0.25) is 0 Å². The molecule has 0 saturated heterocycles. The molecule has 0 aromatic carbocycles. The van der Waals surface area contributed by atoms with Gasteiger partial charge in [0, 0.05) is 30.7 Å². The Balaban J connectivity index is 1.60. The number of urea groups is 1. The SMILES string of the molecule is CCO[C@@H]1C[C@H](NC(=O)N(C)Cc2c(C)noc2C)C12CCCC2. The fourth-order valence-electron chi connectivity index (χ4n) is 4.38. The molecule has 6 nitrogen and oxygen atoms in total. The molecule has 1 aromatic heterocycles. The quantitative estimate of drug-likeness (QED) is 0.897. The summed E-state index contributed by atoms with van der Waals surface area (Å²) in [6, 6.07) is 0.206. The molecule has 6 heteroatoms. The molecule has 134 valence electrons. The Morgan fingerprint density at radius 1 is 1.42 bits per heavy atom. The molecule has 0 bridgehead atoms. The Kier molecular flexibility index (Phi) is 4.85. The van der Waals surface area contributed by atoms with Crippen molar-refractivity contribution in [1.82, 2.24) is 15.4 Å². The Labute approximate surface area is 143 Å². The number of amides is 2. The maximum atomic E-state index is 12.6. The lowest BCUT2D eigenvalue weighted by atomic mass is 9.60. The van der Waals surface area contributed by atoms with E-state index < -0.39 is 0 Å². The van der Waals surface area contributed by atoms with Gasteiger partial charge in [-0.25, -0.2) is 4.79 Å². The lowest BCUT2D eigenvalue weighted by Crippen LogP contribution is -2.64. The van der Waals surface area contributed by atoms with Crippen molar-refractivity contribution in [2.75, 3.05) is 13.7 Å². The number of ether oxygens (including phenoxy) is 1. The van der Waals surface area contributed by atoms with Crippen LogP contribution in [0.3, 0.4) is 0 Å². The van der Waals surface area contributed by atoms with Crippen molar-refractivity contribution in [3.63, 3.8) is 0 Å². The van der Waals surface area contributed by atoms with Gasteiger partial charge >= 0.3 is 6.03 Å². The molecular formula is C18H29N3O3. The molecule has 2 fully saturated rings. The summed E-state index contributed by atoms with van der Waals surface area (Å²) in [5, 5.41) is 7.20. The third-order valence-electron chi connectivity index (χ3n) is 5.91. The summed E-state index contributed by atoms with van der Waals surface area (Å²) < 4.78 is 11.1. The number of hydrogen-bond donors (Lipinski definition) is 1. The highest BCUT2D eigenvalue weighted by atomic mass is 16.5. The normalized spacial score (nSPS) is 24.8. The summed E-state index contributed by atoms with van der Waals surface area (Å²) >= 11 is 0. The molecule has 2 aliphatic carbocycles. The van der Waals surface area contributed by atoms with Crippen LogP contribution in [0, 0.1) is 19.3 Å². The van der Waals surface area contributed by atoms with Crippen molar-refractivity contribution in [1.29, 1.82) is 0 Å². The molecule has 2 aliphatic rings. The first kappa shape index (κ1) is 17.3. The monoisotopic (exact) mass is 335 g/mol. The van der Waals surface area contributed by atoms with E-state index in [0.717, 1.165) is 42.9 Å². The van der Waals surface area contributed by atoms with Crippen LogP contribution in [0.15, 0.2) is 4.52 Å². The number of carbonyl (C=O) groups is 1. The molecule has 1 heterocycles. The largest absolute Gasteiger partial charge is 0.378 e. The zero-order valence-electron chi connectivity index (χ0n) is 15.2. The molecule has 3 rings (SSSR count). The van der Waals surface area contributed by atoms with E-state index in [9.17, 15) is 4.79 Å². The highest BCUT2D eigenvalue weighted by molar-refractivity contribution is 5.74. The second-order valence-corrected chi connectivity index (χ2v) is 7.28. The molecule has 1 aromatic rings. The van der Waals surface area contributed by atoms with Crippen LogP contribution < -0.4 is 5.32 Å². The summed E-state index contributed by atoms with van der Waals surface area (Å²) in [6.07, 6.45) is 6.05. The summed E-state index contributed by atoms with van der Waals surface area (Å²) in [4.78, 5) is 14.3. The van der Waals surface area contributed by atoms with Gasteiger partial charge in [0.15, 0.2) is 0 Å². The van der Waals surface area contributed by atoms with Crippen LogP contribution in [0.2, 0.25) is 0 Å². The fraction of sp³-hybridized carbons (Fsp3) is 0.778. The molecule has 0 radical (unpaired) electrons. The summed E-state index contributed by atoms with van der Waals surface area (Å²) in [5.41, 5.74) is 2.00. The van der Waals surface area contributed by atoms with Crippen molar-refractivity contribution in [2.45, 2.75) is 71.6 Å². The number of nitrogens with one attached hydrogen (secondary N) is 1. The van der Waals surface area contributed by atoms with Crippen LogP contribution in [-0.4, -0.2) is 41.9 Å². The van der Waals surface area contributed by atoms with Crippen molar-refractivity contribution in [2.24, 2.45) is 5.41 Å². The first-order valence-electron chi connectivity index (χ1n) is 9.03. The zero-order chi connectivity index (χ0) is 17.3. The van der Waals surface area contributed by atoms with Crippen molar-refractivity contribution < 1.29 is 14.1 Å². The molecule has 1 N–H and O–H groups in total. The van der Waals surface area contributed by atoms with E-state index in [1.165, 1.54) is 12.8 Å². The highest BCUT2D eigenvalue weighted by Gasteiger charge is 2.57. The van der Waals surface area contributed by atoms with Gasteiger partial charge in [0.1, 0.15) is 5.76 Å². The predicted molar refractivity (Wildman–Crippen MR) is 90.7 cm³/mol. The molecule has 0 unspecified atom stereocenters. The third kappa shape index (κ3) is 2.92. The Morgan fingerprint density at radius 3 is 2.71 bits per heavy atom. The van der Waals surface area contributed by atoms with E-state index in [4.69, 9.17) is 9.26 Å². The van der Waals surface area contributed by atoms with Gasteiger partial charge < -0.3 is 19.5 Å². The van der Waals surface area contributed by atoms with Gasteiger partial charge in [0.05, 0.1) is 18.3 Å². The maximum Gasteiger partial charge on any atom is 0.317 e. The van der Waals surface area contributed by atoms with Crippen LogP contribution in [0.5, 0.6) is 0 Å².